The van der Waals surface area contributed by atoms with Crippen molar-refractivity contribution in [2.24, 2.45) is 5.92 Å². The summed E-state index contributed by atoms with van der Waals surface area (Å²) in [6.45, 7) is 0.110. The average Bonchev–Trinajstić information content (AvgIpc) is 2.72. The minimum absolute atomic E-state index is 0.0239. The minimum atomic E-state index is -0.766. The van der Waals surface area contributed by atoms with E-state index >= 15 is 0 Å². The second-order valence-electron chi connectivity index (χ2n) is 4.99. The number of ether oxygens (including phenoxy) is 1. The zero-order chi connectivity index (χ0) is 12.3. The normalized spacial score (nSPS) is 28.7. The number of rotatable bonds is 5. The quantitative estimate of drug-likeness (QED) is 0.750. The van der Waals surface area contributed by atoms with Gasteiger partial charge in [0.25, 0.3) is 0 Å². The fraction of sp³-hybridized carbons (Fsp3) is 0.833. The molecule has 5 heteroatoms. The Kier molecular flexibility index (Phi) is 3.99. The number of amides is 1. The highest BCUT2D eigenvalue weighted by molar-refractivity contribution is 5.78. The van der Waals surface area contributed by atoms with Gasteiger partial charge in [-0.1, -0.05) is 12.8 Å². The van der Waals surface area contributed by atoms with Gasteiger partial charge in [0.1, 0.15) is 6.61 Å². The Morgan fingerprint density at radius 1 is 1.24 bits per heavy atom. The molecule has 0 unspecified atom stereocenters. The molecule has 0 aromatic rings. The molecule has 17 heavy (non-hydrogen) atoms. The highest BCUT2D eigenvalue weighted by Gasteiger charge is 2.35. The first-order valence-corrected chi connectivity index (χ1v) is 6.29. The van der Waals surface area contributed by atoms with Crippen molar-refractivity contribution < 1.29 is 19.4 Å². The van der Waals surface area contributed by atoms with E-state index in [0.29, 0.717) is 12.8 Å². The summed E-state index contributed by atoms with van der Waals surface area (Å²) >= 11 is 0. The van der Waals surface area contributed by atoms with Crippen LogP contribution < -0.4 is 5.32 Å². The molecule has 2 rings (SSSR count). The molecule has 0 heterocycles. The lowest BCUT2D eigenvalue weighted by Gasteiger charge is -2.32. The van der Waals surface area contributed by atoms with Gasteiger partial charge in [0.2, 0.25) is 5.91 Å². The third-order valence-electron chi connectivity index (χ3n) is 3.60. The van der Waals surface area contributed by atoms with E-state index in [1.165, 1.54) is 12.8 Å². The minimum Gasteiger partial charge on any atom is -0.481 e. The Morgan fingerprint density at radius 2 is 1.88 bits per heavy atom. The van der Waals surface area contributed by atoms with Crippen LogP contribution in [0.4, 0.5) is 0 Å². The van der Waals surface area contributed by atoms with Gasteiger partial charge in [0.15, 0.2) is 0 Å². The van der Waals surface area contributed by atoms with Gasteiger partial charge in [-0.05, 0) is 25.7 Å². The van der Waals surface area contributed by atoms with Crippen LogP contribution in [0.1, 0.15) is 38.5 Å². The molecule has 5 nitrogen and oxygen atoms in total. The predicted octanol–water partition coefficient (Wildman–Crippen LogP) is 0.925. The molecule has 2 aliphatic rings. The summed E-state index contributed by atoms with van der Waals surface area (Å²) in [4.78, 5) is 22.1. The van der Waals surface area contributed by atoms with Crippen molar-refractivity contribution in [3.63, 3.8) is 0 Å². The summed E-state index contributed by atoms with van der Waals surface area (Å²) in [5.74, 6) is -1.17. The highest BCUT2D eigenvalue weighted by Crippen LogP contribution is 2.27. The largest absolute Gasteiger partial charge is 0.481 e. The molecule has 0 saturated heterocycles. The summed E-state index contributed by atoms with van der Waals surface area (Å²) in [5.41, 5.74) is 0. The molecule has 0 aromatic carbocycles. The smallest absolute Gasteiger partial charge is 0.306 e. The number of carboxylic acids is 1. The Balaban J connectivity index is 1.57. The van der Waals surface area contributed by atoms with Crippen LogP contribution in [0.15, 0.2) is 0 Å². The molecule has 2 aliphatic carbocycles. The van der Waals surface area contributed by atoms with Crippen LogP contribution in [0.25, 0.3) is 0 Å². The molecule has 0 bridgehead atoms. The van der Waals surface area contributed by atoms with Crippen LogP contribution in [-0.2, 0) is 14.3 Å². The predicted molar refractivity (Wildman–Crippen MR) is 60.5 cm³/mol. The molecule has 1 amide bonds. The number of nitrogens with one attached hydrogen (secondary N) is 1. The fourth-order valence-electron chi connectivity index (χ4n) is 2.46. The van der Waals surface area contributed by atoms with Crippen molar-refractivity contribution in [1.29, 1.82) is 0 Å². The Morgan fingerprint density at radius 3 is 2.47 bits per heavy atom. The molecule has 0 spiro atoms. The summed E-state index contributed by atoms with van der Waals surface area (Å²) in [6, 6.07) is 0.0239. The van der Waals surface area contributed by atoms with Crippen LogP contribution in [-0.4, -0.2) is 35.7 Å². The maximum Gasteiger partial charge on any atom is 0.306 e. The van der Waals surface area contributed by atoms with Crippen LogP contribution in [0.5, 0.6) is 0 Å². The van der Waals surface area contributed by atoms with Crippen LogP contribution >= 0.6 is 0 Å². The highest BCUT2D eigenvalue weighted by atomic mass is 16.5. The number of carboxylic acid groups (broad SMARTS) is 1. The second-order valence-corrected chi connectivity index (χ2v) is 4.99. The molecule has 0 aliphatic heterocycles. The monoisotopic (exact) mass is 241 g/mol. The summed E-state index contributed by atoms with van der Waals surface area (Å²) < 4.78 is 5.48. The van der Waals surface area contributed by atoms with Gasteiger partial charge >= 0.3 is 5.97 Å². The molecule has 0 radical (unpaired) electrons. The van der Waals surface area contributed by atoms with Crippen molar-refractivity contribution >= 4 is 11.9 Å². The van der Waals surface area contributed by atoms with Crippen molar-refractivity contribution in [3.8, 4) is 0 Å². The van der Waals surface area contributed by atoms with Crippen molar-refractivity contribution in [2.75, 3.05) is 6.61 Å². The van der Waals surface area contributed by atoms with Crippen molar-refractivity contribution in [1.82, 2.24) is 5.32 Å². The Labute approximate surface area is 101 Å². The number of carbonyl (C=O) groups excluding carboxylic acids is 1. The van der Waals surface area contributed by atoms with E-state index in [2.05, 4.69) is 5.32 Å². The van der Waals surface area contributed by atoms with E-state index in [4.69, 9.17) is 9.84 Å². The second kappa shape index (κ2) is 5.49. The van der Waals surface area contributed by atoms with Gasteiger partial charge in [-0.3, -0.25) is 9.59 Å². The SMILES string of the molecule is O=C(COC1CCCC1)NC1CC(C(=O)O)C1. The summed E-state index contributed by atoms with van der Waals surface area (Å²) in [7, 11) is 0. The van der Waals surface area contributed by atoms with E-state index in [1.807, 2.05) is 0 Å². The zero-order valence-corrected chi connectivity index (χ0v) is 9.85. The number of carbonyl (C=O) groups is 2. The van der Waals surface area contributed by atoms with Gasteiger partial charge in [-0.25, -0.2) is 0 Å². The molecule has 0 atom stereocenters. The first-order valence-electron chi connectivity index (χ1n) is 6.29. The number of hydrogen-bond acceptors (Lipinski definition) is 3. The van der Waals surface area contributed by atoms with E-state index in [1.54, 1.807) is 0 Å². The lowest BCUT2D eigenvalue weighted by molar-refractivity contribution is -0.146. The lowest BCUT2D eigenvalue weighted by Crippen LogP contribution is -2.47. The topological polar surface area (TPSA) is 75.6 Å². The standard InChI is InChI=1S/C12H19NO4/c14-11(7-17-10-3-1-2-4-10)13-9-5-8(6-9)12(15)16/h8-10H,1-7H2,(H,13,14)(H,15,16). The number of aliphatic carboxylic acids is 1. The van der Waals surface area contributed by atoms with Gasteiger partial charge < -0.3 is 15.2 Å². The third kappa shape index (κ3) is 3.43. The van der Waals surface area contributed by atoms with E-state index in [9.17, 15) is 9.59 Å². The van der Waals surface area contributed by atoms with E-state index in [-0.39, 0.29) is 30.6 Å². The van der Waals surface area contributed by atoms with Crippen LogP contribution in [0.2, 0.25) is 0 Å². The Bertz CT molecular complexity index is 293. The van der Waals surface area contributed by atoms with Gasteiger partial charge in [0.05, 0.1) is 12.0 Å². The molecule has 2 saturated carbocycles. The summed E-state index contributed by atoms with van der Waals surface area (Å²) in [5, 5.41) is 11.5. The molecule has 2 fully saturated rings. The first kappa shape index (κ1) is 12.4. The van der Waals surface area contributed by atoms with Gasteiger partial charge in [-0.2, -0.15) is 0 Å². The fourth-order valence-corrected chi connectivity index (χ4v) is 2.46. The van der Waals surface area contributed by atoms with Crippen LogP contribution in [0.3, 0.4) is 0 Å². The number of hydrogen-bond donors (Lipinski definition) is 2. The maximum atomic E-state index is 11.5. The molecule has 96 valence electrons. The van der Waals surface area contributed by atoms with Crippen LogP contribution in [0, 0.1) is 5.92 Å². The van der Waals surface area contributed by atoms with Crippen molar-refractivity contribution in [2.45, 2.75) is 50.7 Å². The Hall–Kier alpha value is -1.10. The third-order valence-corrected chi connectivity index (χ3v) is 3.60. The molecule has 0 aromatic heterocycles. The van der Waals surface area contributed by atoms with E-state index < -0.39 is 5.97 Å². The molecular weight excluding hydrogens is 222 g/mol. The first-order chi connectivity index (χ1) is 8.15. The molecular formula is C12H19NO4. The zero-order valence-electron chi connectivity index (χ0n) is 9.85. The average molecular weight is 241 g/mol. The van der Waals surface area contributed by atoms with E-state index in [0.717, 1.165) is 12.8 Å². The van der Waals surface area contributed by atoms with Crippen molar-refractivity contribution in [3.05, 3.63) is 0 Å². The van der Waals surface area contributed by atoms with Gasteiger partial charge in [0, 0.05) is 6.04 Å². The molecule has 2 N–H and O–H groups in total. The summed E-state index contributed by atoms with van der Waals surface area (Å²) in [6.07, 6.45) is 5.82. The maximum absolute atomic E-state index is 11.5. The van der Waals surface area contributed by atoms with Gasteiger partial charge in [-0.15, -0.1) is 0 Å². The lowest BCUT2D eigenvalue weighted by atomic mass is 9.80.